The van der Waals surface area contributed by atoms with E-state index in [-0.39, 0.29) is 12.2 Å². The fourth-order valence-electron chi connectivity index (χ4n) is 5.35. The third-order valence-electron chi connectivity index (χ3n) is 7.47. The van der Waals surface area contributed by atoms with E-state index < -0.39 is 12.0 Å². The van der Waals surface area contributed by atoms with Crippen LogP contribution in [0.25, 0.3) is 17.0 Å². The number of benzene rings is 2. The molecule has 0 aliphatic carbocycles. The molecule has 0 fully saturated rings. The summed E-state index contributed by atoms with van der Waals surface area (Å²) in [5.74, 6) is -0.0678. The molecule has 0 unspecified atom stereocenters. The van der Waals surface area contributed by atoms with Crippen LogP contribution in [-0.2, 0) is 16.6 Å². The van der Waals surface area contributed by atoms with Crippen molar-refractivity contribution in [2.75, 3.05) is 6.61 Å². The summed E-state index contributed by atoms with van der Waals surface area (Å²) in [5.41, 5.74) is 7.33. The molecule has 7 heteroatoms. The maximum Gasteiger partial charge on any atom is 0.338 e. The second-order valence-electron chi connectivity index (χ2n) is 10.2. The highest BCUT2D eigenvalue weighted by molar-refractivity contribution is 7.07. The summed E-state index contributed by atoms with van der Waals surface area (Å²) < 4.78 is 9.84. The molecule has 0 saturated carbocycles. The van der Waals surface area contributed by atoms with Crippen molar-refractivity contribution >= 4 is 34.3 Å². The largest absolute Gasteiger partial charge is 0.463 e. The number of ether oxygens (including phenoxy) is 1. The lowest BCUT2D eigenvalue weighted by molar-refractivity contribution is -0.139. The van der Waals surface area contributed by atoms with Crippen LogP contribution >= 0.6 is 11.3 Å². The number of carbonyl (C=O) groups excluding carboxylic acids is 1. The number of fused-ring (bicyclic) bond motifs is 2. The Morgan fingerprint density at radius 2 is 1.84 bits per heavy atom. The Labute approximate surface area is 226 Å². The van der Waals surface area contributed by atoms with Gasteiger partial charge in [-0.15, -0.1) is 0 Å². The zero-order valence-electron chi connectivity index (χ0n) is 23.0. The number of hydrogen-bond donors (Lipinski definition) is 0. The first kappa shape index (κ1) is 25.9. The molecule has 1 aliphatic rings. The molecule has 0 saturated heterocycles. The normalized spacial score (nSPS) is 15.8. The van der Waals surface area contributed by atoms with Crippen LogP contribution in [-0.4, -0.2) is 21.7 Å². The van der Waals surface area contributed by atoms with Crippen LogP contribution < -0.4 is 14.9 Å². The first-order valence-corrected chi connectivity index (χ1v) is 13.8. The second-order valence-corrected chi connectivity index (χ2v) is 11.2. The molecular weight excluding hydrogens is 494 g/mol. The van der Waals surface area contributed by atoms with Crippen LogP contribution in [0.4, 0.5) is 0 Å². The van der Waals surface area contributed by atoms with Gasteiger partial charge >= 0.3 is 5.97 Å². The van der Waals surface area contributed by atoms with Crippen molar-refractivity contribution in [2.45, 2.75) is 53.5 Å². The lowest BCUT2D eigenvalue weighted by atomic mass is 9.93. The number of rotatable bonds is 5. The SMILES string of the molecule is CCOC(=O)C1=C(C)N=c2s/c(=C\c3c(C)n(C)c4c(C)cccc34)c(=O)n2[C@@H]1c1ccc(C(C)C)cc1. The number of esters is 1. The van der Waals surface area contributed by atoms with Crippen LogP contribution in [0.2, 0.25) is 0 Å². The molecule has 3 heterocycles. The third kappa shape index (κ3) is 4.15. The Balaban J connectivity index is 1.76. The van der Waals surface area contributed by atoms with Crippen molar-refractivity contribution < 1.29 is 9.53 Å². The number of aromatic nitrogens is 2. The van der Waals surface area contributed by atoms with Crippen molar-refractivity contribution in [3.8, 4) is 0 Å². The number of aryl methyl sites for hydroxylation is 2. The molecule has 6 nitrogen and oxygen atoms in total. The molecule has 2 aromatic carbocycles. The number of nitrogens with zero attached hydrogens (tertiary/aromatic N) is 3. The minimum Gasteiger partial charge on any atom is -0.463 e. The van der Waals surface area contributed by atoms with Gasteiger partial charge in [-0.2, -0.15) is 0 Å². The molecule has 4 aromatic rings. The Hall–Kier alpha value is -3.71. The van der Waals surface area contributed by atoms with Crippen molar-refractivity contribution in [1.29, 1.82) is 0 Å². The van der Waals surface area contributed by atoms with Gasteiger partial charge in [0.2, 0.25) is 0 Å². The minimum atomic E-state index is -0.607. The third-order valence-corrected chi connectivity index (χ3v) is 8.45. The van der Waals surface area contributed by atoms with Crippen LogP contribution in [0.15, 0.2) is 63.5 Å². The Morgan fingerprint density at radius 1 is 1.13 bits per heavy atom. The van der Waals surface area contributed by atoms with Gasteiger partial charge in [-0.3, -0.25) is 9.36 Å². The molecule has 0 amide bonds. The van der Waals surface area contributed by atoms with Gasteiger partial charge in [-0.05, 0) is 56.4 Å². The Morgan fingerprint density at radius 3 is 2.50 bits per heavy atom. The summed E-state index contributed by atoms with van der Waals surface area (Å²) in [6.45, 7) is 12.3. The van der Waals surface area contributed by atoms with Crippen molar-refractivity contribution in [3.63, 3.8) is 0 Å². The highest BCUT2D eigenvalue weighted by Gasteiger charge is 2.33. The molecule has 0 N–H and O–H groups in total. The highest BCUT2D eigenvalue weighted by atomic mass is 32.1. The van der Waals surface area contributed by atoms with E-state index in [9.17, 15) is 9.59 Å². The minimum absolute atomic E-state index is 0.162. The standard InChI is InChI=1S/C31H33N3O3S/c1-8-37-30(36)26-19(5)32-31-34(28(26)22-14-12-21(13-15-22)17(2)3)29(35)25(38-31)16-24-20(6)33(7)27-18(4)10-9-11-23(24)27/h9-17,28H,8H2,1-7H3/b25-16-/t28-/m1/s1. The summed E-state index contributed by atoms with van der Waals surface area (Å²) in [6.07, 6.45) is 1.98. The van der Waals surface area contributed by atoms with Crippen LogP contribution in [0.1, 0.15) is 67.6 Å². The fourth-order valence-corrected chi connectivity index (χ4v) is 6.38. The molecule has 1 atom stereocenters. The highest BCUT2D eigenvalue weighted by Crippen LogP contribution is 2.32. The van der Waals surface area contributed by atoms with E-state index in [1.807, 2.05) is 31.2 Å². The number of para-hydroxylation sites is 1. The number of hydrogen-bond acceptors (Lipinski definition) is 5. The molecule has 5 rings (SSSR count). The van der Waals surface area contributed by atoms with E-state index in [1.54, 1.807) is 11.5 Å². The van der Waals surface area contributed by atoms with E-state index in [1.165, 1.54) is 22.5 Å². The van der Waals surface area contributed by atoms with E-state index in [0.29, 0.717) is 26.5 Å². The average Bonchev–Trinajstić information content (AvgIpc) is 3.32. The quantitative estimate of drug-likeness (QED) is 0.342. The molecule has 196 valence electrons. The summed E-state index contributed by atoms with van der Waals surface area (Å²) in [7, 11) is 2.05. The molecule has 38 heavy (non-hydrogen) atoms. The summed E-state index contributed by atoms with van der Waals surface area (Å²) in [5, 5.41) is 1.11. The Bertz CT molecular complexity index is 1780. The van der Waals surface area contributed by atoms with E-state index in [4.69, 9.17) is 9.73 Å². The van der Waals surface area contributed by atoms with Gasteiger partial charge in [0.1, 0.15) is 0 Å². The van der Waals surface area contributed by atoms with Gasteiger partial charge in [0.15, 0.2) is 4.80 Å². The molecule has 2 aromatic heterocycles. The molecule has 0 bridgehead atoms. The van der Waals surface area contributed by atoms with Crippen molar-refractivity contribution in [1.82, 2.24) is 9.13 Å². The van der Waals surface area contributed by atoms with E-state index in [0.717, 1.165) is 27.7 Å². The van der Waals surface area contributed by atoms with E-state index in [2.05, 4.69) is 63.6 Å². The molecule has 0 spiro atoms. The smallest absolute Gasteiger partial charge is 0.338 e. The van der Waals surface area contributed by atoms with Crippen molar-refractivity contribution in [3.05, 3.63) is 101 Å². The predicted molar refractivity (Wildman–Crippen MR) is 153 cm³/mol. The number of thiazole rings is 1. The molecule has 0 radical (unpaired) electrons. The first-order chi connectivity index (χ1) is 18.1. The monoisotopic (exact) mass is 527 g/mol. The zero-order chi connectivity index (χ0) is 27.3. The maximum atomic E-state index is 14.0. The van der Waals surface area contributed by atoms with Gasteiger partial charge < -0.3 is 9.30 Å². The summed E-state index contributed by atoms with van der Waals surface area (Å²) >= 11 is 1.36. The van der Waals surface area contributed by atoms with Crippen molar-refractivity contribution in [2.24, 2.45) is 12.0 Å². The lowest BCUT2D eigenvalue weighted by Gasteiger charge is -2.25. The molecule has 1 aliphatic heterocycles. The molecular formula is C31H33N3O3S. The second kappa shape index (κ2) is 9.87. The maximum absolute atomic E-state index is 14.0. The summed E-state index contributed by atoms with van der Waals surface area (Å²) in [4.78, 5) is 32.5. The zero-order valence-corrected chi connectivity index (χ0v) is 23.8. The predicted octanol–water partition coefficient (Wildman–Crippen LogP) is 5.03. The van der Waals surface area contributed by atoms with Gasteiger partial charge in [-0.1, -0.05) is 67.6 Å². The van der Waals surface area contributed by atoms with Crippen LogP contribution in [0.3, 0.4) is 0 Å². The summed E-state index contributed by atoms with van der Waals surface area (Å²) in [6, 6.07) is 13.8. The fraction of sp³-hybridized carbons (Fsp3) is 0.323. The Kier molecular flexibility index (Phi) is 6.73. The number of allylic oxidation sites excluding steroid dienone is 1. The van der Waals surface area contributed by atoms with Crippen LogP contribution in [0.5, 0.6) is 0 Å². The van der Waals surface area contributed by atoms with Gasteiger partial charge in [0, 0.05) is 23.7 Å². The van der Waals surface area contributed by atoms with Gasteiger partial charge in [0.25, 0.3) is 5.56 Å². The average molecular weight is 528 g/mol. The van der Waals surface area contributed by atoms with Gasteiger partial charge in [-0.25, -0.2) is 9.79 Å². The van der Waals surface area contributed by atoms with Gasteiger partial charge in [0.05, 0.1) is 34.0 Å². The lowest BCUT2D eigenvalue weighted by Crippen LogP contribution is -2.40. The van der Waals surface area contributed by atoms with Crippen LogP contribution in [0, 0.1) is 13.8 Å². The first-order valence-electron chi connectivity index (χ1n) is 13.0. The van der Waals surface area contributed by atoms with E-state index >= 15 is 0 Å². The number of carbonyl (C=O) groups is 1. The topological polar surface area (TPSA) is 65.6 Å².